The fraction of sp³-hybridized carbons (Fsp3) is 0.739. The molecule has 2 rings (SSSR count). The van der Waals surface area contributed by atoms with Crippen molar-refractivity contribution in [3.8, 4) is 6.07 Å². The molecule has 3 heteroatoms. The molecule has 0 saturated heterocycles. The maximum Gasteiger partial charge on any atom is 0.309 e. The molecule has 144 valence electrons. The molecule has 26 heavy (non-hydrogen) atoms. The highest BCUT2D eigenvalue weighted by Crippen LogP contribution is 2.34. The minimum atomic E-state index is 0.0793. The van der Waals surface area contributed by atoms with Crippen LogP contribution in [-0.4, -0.2) is 12.1 Å². The first kappa shape index (κ1) is 20.7. The Morgan fingerprint density at radius 1 is 1.00 bits per heavy atom. The molecule has 0 aromatic carbocycles. The first-order valence-electron chi connectivity index (χ1n) is 10.6. The summed E-state index contributed by atoms with van der Waals surface area (Å²) < 4.78 is 5.85. The first-order chi connectivity index (χ1) is 12.7. The Kier molecular flexibility index (Phi) is 9.53. The molecule has 2 aliphatic rings. The molecule has 0 aliphatic heterocycles. The summed E-state index contributed by atoms with van der Waals surface area (Å²) >= 11 is 0. The maximum absolute atomic E-state index is 12.4. The second kappa shape index (κ2) is 11.9. The quantitative estimate of drug-likeness (QED) is 0.299. The molecule has 0 aromatic heterocycles. The zero-order chi connectivity index (χ0) is 18.6. The van der Waals surface area contributed by atoms with E-state index in [2.05, 4.69) is 13.0 Å². The number of allylic oxidation sites excluding steroid dienone is 4. The highest BCUT2D eigenvalue weighted by atomic mass is 16.5. The second-order valence-electron chi connectivity index (χ2n) is 8.08. The molecule has 2 fully saturated rings. The number of nitrogens with zero attached hydrogens (tertiary/aromatic N) is 1. The standard InChI is InChI=1S/C23H35NO2/c1-2-8-19-10-14-21(15-11-19)23(25)26-22-16-12-20(13-17-22)9-6-4-3-5-7-18-24/h3-5,7,19-22H,2,6,8-17H2,1H3. The minimum absolute atomic E-state index is 0.0793. The zero-order valence-electron chi connectivity index (χ0n) is 16.4. The summed E-state index contributed by atoms with van der Waals surface area (Å²) in [4.78, 5) is 12.4. The van der Waals surface area contributed by atoms with Gasteiger partial charge >= 0.3 is 5.97 Å². The van der Waals surface area contributed by atoms with Gasteiger partial charge in [0.25, 0.3) is 0 Å². The summed E-state index contributed by atoms with van der Waals surface area (Å²) in [5.74, 6) is 1.83. The van der Waals surface area contributed by atoms with E-state index in [-0.39, 0.29) is 18.0 Å². The SMILES string of the molecule is CCCC1CCC(C(=O)OC2CCC(CCC=CC=CC#N)CC2)CC1. The van der Waals surface area contributed by atoms with E-state index in [1.165, 1.54) is 51.0 Å². The lowest BCUT2D eigenvalue weighted by atomic mass is 9.80. The second-order valence-corrected chi connectivity index (χ2v) is 8.08. The number of esters is 1. The van der Waals surface area contributed by atoms with Crippen molar-refractivity contribution in [2.75, 3.05) is 0 Å². The van der Waals surface area contributed by atoms with Crippen LogP contribution in [0, 0.1) is 29.1 Å². The monoisotopic (exact) mass is 357 g/mol. The number of rotatable bonds is 8. The van der Waals surface area contributed by atoms with Crippen molar-refractivity contribution in [1.82, 2.24) is 0 Å². The van der Waals surface area contributed by atoms with Crippen molar-refractivity contribution in [2.24, 2.45) is 17.8 Å². The van der Waals surface area contributed by atoms with Crippen LogP contribution in [0.2, 0.25) is 0 Å². The Balaban J connectivity index is 1.60. The summed E-state index contributed by atoms with van der Waals surface area (Å²) in [5, 5.41) is 8.42. The third-order valence-electron chi connectivity index (χ3n) is 6.11. The van der Waals surface area contributed by atoms with Crippen molar-refractivity contribution < 1.29 is 9.53 Å². The van der Waals surface area contributed by atoms with E-state index in [1.807, 2.05) is 12.1 Å². The van der Waals surface area contributed by atoms with Crippen LogP contribution in [0.1, 0.15) is 84.0 Å². The lowest BCUT2D eigenvalue weighted by Crippen LogP contribution is -2.30. The molecule has 0 N–H and O–H groups in total. The Morgan fingerprint density at radius 3 is 2.31 bits per heavy atom. The van der Waals surface area contributed by atoms with Crippen LogP contribution in [-0.2, 0) is 9.53 Å². The number of ether oxygens (including phenoxy) is 1. The number of carbonyl (C=O) groups excluding carboxylic acids is 1. The van der Waals surface area contributed by atoms with Crippen LogP contribution >= 0.6 is 0 Å². The Hall–Kier alpha value is -1.56. The molecular weight excluding hydrogens is 322 g/mol. The Bertz CT molecular complexity index is 501. The lowest BCUT2D eigenvalue weighted by Gasteiger charge is -2.31. The average molecular weight is 358 g/mol. The molecule has 0 atom stereocenters. The molecule has 0 aromatic rings. The molecule has 0 spiro atoms. The van der Waals surface area contributed by atoms with Crippen LogP contribution in [0.4, 0.5) is 0 Å². The average Bonchev–Trinajstić information content (AvgIpc) is 2.66. The molecule has 0 heterocycles. The molecule has 0 radical (unpaired) electrons. The normalized spacial score (nSPS) is 29.7. The van der Waals surface area contributed by atoms with Crippen molar-refractivity contribution in [1.29, 1.82) is 5.26 Å². The summed E-state index contributed by atoms with van der Waals surface area (Å²) in [6.07, 6.45) is 21.2. The van der Waals surface area contributed by atoms with Gasteiger partial charge in [0, 0.05) is 6.08 Å². The van der Waals surface area contributed by atoms with Gasteiger partial charge in [0.05, 0.1) is 12.0 Å². The fourth-order valence-electron chi connectivity index (χ4n) is 4.50. The predicted octanol–water partition coefficient (Wildman–Crippen LogP) is 6.11. The van der Waals surface area contributed by atoms with Crippen LogP contribution in [0.15, 0.2) is 24.3 Å². The van der Waals surface area contributed by atoms with E-state index >= 15 is 0 Å². The van der Waals surface area contributed by atoms with Gasteiger partial charge in [0.1, 0.15) is 6.10 Å². The highest BCUT2D eigenvalue weighted by Gasteiger charge is 2.30. The van der Waals surface area contributed by atoms with Gasteiger partial charge in [-0.1, -0.05) is 38.0 Å². The minimum Gasteiger partial charge on any atom is -0.462 e. The number of hydrogen-bond acceptors (Lipinski definition) is 3. The predicted molar refractivity (Wildman–Crippen MR) is 105 cm³/mol. The third-order valence-corrected chi connectivity index (χ3v) is 6.11. The summed E-state index contributed by atoms with van der Waals surface area (Å²) in [6.45, 7) is 2.25. The maximum atomic E-state index is 12.4. The van der Waals surface area contributed by atoms with Gasteiger partial charge in [-0.05, 0) is 76.0 Å². The molecule has 0 amide bonds. The summed E-state index contributed by atoms with van der Waals surface area (Å²) in [6, 6.07) is 1.99. The van der Waals surface area contributed by atoms with E-state index in [0.29, 0.717) is 0 Å². The zero-order valence-corrected chi connectivity index (χ0v) is 16.4. The van der Waals surface area contributed by atoms with Gasteiger partial charge in [-0.3, -0.25) is 4.79 Å². The molecular formula is C23H35NO2. The number of nitriles is 1. The van der Waals surface area contributed by atoms with Crippen LogP contribution < -0.4 is 0 Å². The van der Waals surface area contributed by atoms with E-state index in [4.69, 9.17) is 10.00 Å². The third kappa shape index (κ3) is 7.36. The van der Waals surface area contributed by atoms with E-state index in [1.54, 1.807) is 6.08 Å². The lowest BCUT2D eigenvalue weighted by molar-refractivity contribution is -0.157. The van der Waals surface area contributed by atoms with Crippen LogP contribution in [0.25, 0.3) is 0 Å². The Labute approximate surface area is 159 Å². The molecule has 3 nitrogen and oxygen atoms in total. The van der Waals surface area contributed by atoms with Gasteiger partial charge in [-0.15, -0.1) is 0 Å². The van der Waals surface area contributed by atoms with E-state index < -0.39 is 0 Å². The van der Waals surface area contributed by atoms with Crippen LogP contribution in [0.3, 0.4) is 0 Å². The highest BCUT2D eigenvalue weighted by molar-refractivity contribution is 5.72. The van der Waals surface area contributed by atoms with Gasteiger partial charge < -0.3 is 4.74 Å². The molecule has 2 aliphatic carbocycles. The van der Waals surface area contributed by atoms with E-state index in [0.717, 1.165) is 43.9 Å². The number of hydrogen-bond donors (Lipinski definition) is 0. The molecule has 2 saturated carbocycles. The van der Waals surface area contributed by atoms with Gasteiger partial charge in [0.15, 0.2) is 0 Å². The number of carbonyl (C=O) groups is 1. The van der Waals surface area contributed by atoms with Crippen LogP contribution in [0.5, 0.6) is 0 Å². The van der Waals surface area contributed by atoms with Crippen molar-refractivity contribution in [2.45, 2.75) is 90.1 Å². The summed E-state index contributed by atoms with van der Waals surface area (Å²) in [5.41, 5.74) is 0. The van der Waals surface area contributed by atoms with E-state index in [9.17, 15) is 4.79 Å². The molecule has 0 bridgehead atoms. The van der Waals surface area contributed by atoms with Crippen molar-refractivity contribution in [3.63, 3.8) is 0 Å². The first-order valence-corrected chi connectivity index (χ1v) is 10.6. The summed E-state index contributed by atoms with van der Waals surface area (Å²) in [7, 11) is 0. The Morgan fingerprint density at radius 2 is 1.65 bits per heavy atom. The van der Waals surface area contributed by atoms with Crippen molar-refractivity contribution >= 4 is 5.97 Å². The van der Waals surface area contributed by atoms with Gasteiger partial charge in [-0.25, -0.2) is 0 Å². The fourth-order valence-corrected chi connectivity index (χ4v) is 4.50. The topological polar surface area (TPSA) is 50.1 Å². The van der Waals surface area contributed by atoms with Gasteiger partial charge in [0.2, 0.25) is 0 Å². The van der Waals surface area contributed by atoms with Gasteiger partial charge in [-0.2, -0.15) is 5.26 Å². The largest absolute Gasteiger partial charge is 0.462 e. The smallest absolute Gasteiger partial charge is 0.309 e. The van der Waals surface area contributed by atoms with Crippen molar-refractivity contribution in [3.05, 3.63) is 24.3 Å². The molecule has 0 unspecified atom stereocenters.